The van der Waals surface area contributed by atoms with E-state index in [1.165, 1.54) is 4.31 Å². The summed E-state index contributed by atoms with van der Waals surface area (Å²) in [7, 11) is -3.39. The zero-order valence-electron chi connectivity index (χ0n) is 12.5. The van der Waals surface area contributed by atoms with Crippen LogP contribution in [0.5, 0.6) is 0 Å². The largest absolute Gasteiger partial charge is 0.396 e. The summed E-state index contributed by atoms with van der Waals surface area (Å²) in [6, 6.07) is 0. The summed E-state index contributed by atoms with van der Waals surface area (Å²) >= 11 is 0. The first-order valence-corrected chi connectivity index (χ1v) is 8.46. The highest BCUT2D eigenvalue weighted by Gasteiger charge is 2.33. The average Bonchev–Trinajstić information content (AvgIpc) is 2.35. The molecule has 0 bridgehead atoms. The van der Waals surface area contributed by atoms with Gasteiger partial charge < -0.3 is 5.11 Å². The van der Waals surface area contributed by atoms with Crippen LogP contribution >= 0.6 is 0 Å². The van der Waals surface area contributed by atoms with Crippen molar-refractivity contribution >= 4 is 10.2 Å². The highest BCUT2D eigenvalue weighted by Crippen LogP contribution is 2.34. The van der Waals surface area contributed by atoms with E-state index < -0.39 is 10.2 Å². The second-order valence-corrected chi connectivity index (χ2v) is 8.44. The van der Waals surface area contributed by atoms with E-state index in [4.69, 9.17) is 5.11 Å². The van der Waals surface area contributed by atoms with Crippen molar-refractivity contribution in [2.45, 2.75) is 40.5 Å². The molecule has 1 fully saturated rings. The van der Waals surface area contributed by atoms with Crippen molar-refractivity contribution in [2.24, 2.45) is 17.3 Å². The van der Waals surface area contributed by atoms with Crippen LogP contribution in [0.1, 0.15) is 40.5 Å². The number of nitrogens with one attached hydrogen (secondary N) is 1. The Balaban J connectivity index is 2.50. The molecule has 114 valence electrons. The van der Waals surface area contributed by atoms with E-state index in [1.54, 1.807) is 0 Å². The van der Waals surface area contributed by atoms with Gasteiger partial charge in [-0.05, 0) is 30.1 Å². The first-order chi connectivity index (χ1) is 8.66. The zero-order chi connectivity index (χ0) is 14.7. The fourth-order valence-corrected chi connectivity index (χ4v) is 3.73. The first kappa shape index (κ1) is 16.9. The third-order valence-corrected chi connectivity index (χ3v) is 5.52. The molecule has 1 heterocycles. The van der Waals surface area contributed by atoms with Crippen molar-refractivity contribution in [3.05, 3.63) is 0 Å². The molecule has 0 aromatic carbocycles. The number of rotatable bonds is 5. The molecule has 0 aromatic rings. The van der Waals surface area contributed by atoms with Gasteiger partial charge >= 0.3 is 0 Å². The summed E-state index contributed by atoms with van der Waals surface area (Å²) in [6.07, 6.45) is 1.83. The van der Waals surface area contributed by atoms with Crippen molar-refractivity contribution in [1.29, 1.82) is 0 Å². The third kappa shape index (κ3) is 5.02. The van der Waals surface area contributed by atoms with Crippen molar-refractivity contribution in [1.82, 2.24) is 9.03 Å². The van der Waals surface area contributed by atoms with Crippen LogP contribution in [-0.4, -0.2) is 44.1 Å². The van der Waals surface area contributed by atoms with E-state index in [0.29, 0.717) is 19.0 Å². The molecule has 19 heavy (non-hydrogen) atoms. The Labute approximate surface area is 117 Å². The number of hydrogen-bond acceptors (Lipinski definition) is 3. The Hall–Kier alpha value is -0.170. The number of nitrogens with zero attached hydrogens (tertiary/aromatic N) is 1. The van der Waals surface area contributed by atoms with Gasteiger partial charge in [0.1, 0.15) is 0 Å². The highest BCUT2D eigenvalue weighted by molar-refractivity contribution is 7.87. The van der Waals surface area contributed by atoms with Crippen LogP contribution in [0.4, 0.5) is 0 Å². The summed E-state index contributed by atoms with van der Waals surface area (Å²) in [4.78, 5) is 0. The molecule has 2 N–H and O–H groups in total. The van der Waals surface area contributed by atoms with Gasteiger partial charge in [0, 0.05) is 26.2 Å². The topological polar surface area (TPSA) is 69.6 Å². The molecule has 1 aliphatic rings. The van der Waals surface area contributed by atoms with Crippen LogP contribution in [-0.2, 0) is 10.2 Å². The van der Waals surface area contributed by atoms with Crippen molar-refractivity contribution in [3.63, 3.8) is 0 Å². The smallest absolute Gasteiger partial charge is 0.279 e. The van der Waals surface area contributed by atoms with Crippen LogP contribution in [0.2, 0.25) is 0 Å². The summed E-state index contributed by atoms with van der Waals surface area (Å²) in [6.45, 7) is 9.91. The lowest BCUT2D eigenvalue weighted by atomic mass is 9.76. The van der Waals surface area contributed by atoms with Crippen molar-refractivity contribution in [2.75, 3.05) is 26.2 Å². The Bertz CT molecular complexity index is 368. The fraction of sp³-hybridized carbons (Fsp3) is 1.00. The van der Waals surface area contributed by atoms with Crippen LogP contribution in [0.3, 0.4) is 0 Å². The highest BCUT2D eigenvalue weighted by atomic mass is 32.2. The molecule has 6 heteroatoms. The molecule has 5 nitrogen and oxygen atoms in total. The maximum atomic E-state index is 12.1. The Kier molecular flexibility index (Phi) is 5.79. The molecule has 1 saturated heterocycles. The lowest BCUT2D eigenvalue weighted by Gasteiger charge is -2.38. The third-order valence-electron chi connectivity index (χ3n) is 3.94. The summed E-state index contributed by atoms with van der Waals surface area (Å²) in [5.74, 6) is 0.525. The number of aliphatic hydroxyl groups is 1. The fourth-order valence-electron chi connectivity index (χ4n) is 2.37. The van der Waals surface area contributed by atoms with Gasteiger partial charge in [0.2, 0.25) is 0 Å². The monoisotopic (exact) mass is 292 g/mol. The van der Waals surface area contributed by atoms with Gasteiger partial charge in [-0.1, -0.05) is 27.7 Å². The van der Waals surface area contributed by atoms with E-state index in [2.05, 4.69) is 25.5 Å². The molecule has 1 rings (SSSR count). The van der Waals surface area contributed by atoms with Crippen LogP contribution < -0.4 is 4.72 Å². The second-order valence-electron chi connectivity index (χ2n) is 6.68. The zero-order valence-corrected chi connectivity index (χ0v) is 13.3. The maximum absolute atomic E-state index is 12.1. The Morgan fingerprint density at radius 3 is 2.26 bits per heavy atom. The quantitative estimate of drug-likeness (QED) is 0.800. The van der Waals surface area contributed by atoms with Gasteiger partial charge in [0.25, 0.3) is 10.2 Å². The molecule has 1 unspecified atom stereocenters. The second kappa shape index (κ2) is 6.52. The van der Waals surface area contributed by atoms with Crippen LogP contribution in [0, 0.1) is 17.3 Å². The average molecular weight is 292 g/mol. The molecule has 1 atom stereocenters. The van der Waals surface area contributed by atoms with E-state index in [1.807, 2.05) is 6.92 Å². The minimum absolute atomic E-state index is 0.00534. The molecule has 0 aliphatic carbocycles. The van der Waals surface area contributed by atoms with Crippen LogP contribution in [0.25, 0.3) is 0 Å². The number of aliphatic hydroxyl groups excluding tert-OH is 1. The Morgan fingerprint density at radius 2 is 1.84 bits per heavy atom. The van der Waals surface area contributed by atoms with Gasteiger partial charge in [-0.15, -0.1) is 0 Å². The predicted molar refractivity (Wildman–Crippen MR) is 76.9 cm³/mol. The van der Waals surface area contributed by atoms with Gasteiger partial charge in [0.05, 0.1) is 0 Å². The molecule has 0 spiro atoms. The minimum Gasteiger partial charge on any atom is -0.396 e. The van der Waals surface area contributed by atoms with Gasteiger partial charge in [-0.3, -0.25) is 0 Å². The molecule has 0 amide bonds. The molecule has 0 saturated carbocycles. The van der Waals surface area contributed by atoms with Crippen molar-refractivity contribution in [3.8, 4) is 0 Å². The van der Waals surface area contributed by atoms with E-state index in [9.17, 15) is 8.42 Å². The molecule has 0 aromatic heterocycles. The van der Waals surface area contributed by atoms with E-state index >= 15 is 0 Å². The number of piperidine rings is 1. The minimum atomic E-state index is -3.39. The van der Waals surface area contributed by atoms with Crippen LogP contribution in [0.15, 0.2) is 0 Å². The lowest BCUT2D eigenvalue weighted by molar-refractivity contribution is 0.153. The Morgan fingerprint density at radius 1 is 1.32 bits per heavy atom. The normalized spacial score (nSPS) is 21.5. The first-order valence-electron chi connectivity index (χ1n) is 7.02. The predicted octanol–water partition coefficient (Wildman–Crippen LogP) is 1.21. The molecule has 0 radical (unpaired) electrons. The standard InChI is InChI=1S/C13H28N2O3S/c1-11(10-16)9-14-19(17,18)15-7-5-12(6-8-15)13(2,3)4/h11-12,14,16H,5-10H2,1-4H3. The molecular formula is C13H28N2O3S. The maximum Gasteiger partial charge on any atom is 0.279 e. The number of hydrogen-bond donors (Lipinski definition) is 2. The summed E-state index contributed by atoms with van der Waals surface area (Å²) in [5, 5.41) is 8.92. The molecular weight excluding hydrogens is 264 g/mol. The van der Waals surface area contributed by atoms with Gasteiger partial charge in [-0.2, -0.15) is 12.7 Å². The van der Waals surface area contributed by atoms with Gasteiger partial charge in [0.15, 0.2) is 0 Å². The lowest BCUT2D eigenvalue weighted by Crippen LogP contribution is -2.47. The van der Waals surface area contributed by atoms with E-state index in [-0.39, 0.29) is 24.5 Å². The SMILES string of the molecule is CC(CO)CNS(=O)(=O)N1CCC(C(C)(C)C)CC1. The van der Waals surface area contributed by atoms with Crippen molar-refractivity contribution < 1.29 is 13.5 Å². The van der Waals surface area contributed by atoms with E-state index in [0.717, 1.165) is 12.8 Å². The summed E-state index contributed by atoms with van der Waals surface area (Å²) in [5.41, 5.74) is 0.245. The molecule has 1 aliphatic heterocycles. The van der Waals surface area contributed by atoms with Gasteiger partial charge in [-0.25, -0.2) is 4.72 Å². The summed E-state index contributed by atoms with van der Waals surface area (Å²) < 4.78 is 28.3.